The van der Waals surface area contributed by atoms with Crippen LogP contribution in [-0.2, 0) is 6.54 Å². The molecule has 0 radical (unpaired) electrons. The minimum atomic E-state index is -0.131. The molecule has 1 aliphatic heterocycles. The van der Waals surface area contributed by atoms with E-state index in [9.17, 15) is 4.79 Å². The molecule has 2 aromatic carbocycles. The Hall–Kier alpha value is -3.39. The van der Waals surface area contributed by atoms with Crippen LogP contribution in [0.4, 0.5) is 5.13 Å². The number of ether oxygens (including phenoxy) is 2. The molecule has 5 rings (SSSR count). The summed E-state index contributed by atoms with van der Waals surface area (Å²) in [6.45, 7) is 5.31. The average Bonchev–Trinajstić information content (AvgIpc) is 3.48. The minimum Gasteiger partial charge on any atom is -0.454 e. The second kappa shape index (κ2) is 7.46. The van der Waals surface area contributed by atoms with E-state index in [1.807, 2.05) is 23.9 Å². The van der Waals surface area contributed by atoms with E-state index < -0.39 is 0 Å². The van der Waals surface area contributed by atoms with Gasteiger partial charge in [0.1, 0.15) is 0 Å². The van der Waals surface area contributed by atoms with Crippen molar-refractivity contribution in [3.8, 4) is 11.5 Å². The number of carbonyl (C=O) groups excluding carboxylic acids is 1. The van der Waals surface area contributed by atoms with Gasteiger partial charge in [-0.2, -0.15) is 5.10 Å². The van der Waals surface area contributed by atoms with Crippen LogP contribution in [0.25, 0.3) is 10.2 Å². The molecule has 0 saturated carbocycles. The highest BCUT2D eigenvalue weighted by molar-refractivity contribution is 7.22. The van der Waals surface area contributed by atoms with Crippen LogP contribution in [-0.4, -0.2) is 34.0 Å². The third-order valence-electron chi connectivity index (χ3n) is 5.03. The van der Waals surface area contributed by atoms with Crippen LogP contribution in [0, 0.1) is 13.8 Å². The van der Waals surface area contributed by atoms with Gasteiger partial charge in [0.25, 0.3) is 5.91 Å². The zero-order chi connectivity index (χ0) is 20.7. The highest BCUT2D eigenvalue weighted by Crippen LogP contribution is 2.35. The van der Waals surface area contributed by atoms with Crippen molar-refractivity contribution in [1.29, 1.82) is 0 Å². The van der Waals surface area contributed by atoms with Crippen LogP contribution in [0.1, 0.15) is 21.5 Å². The number of hydrogen-bond donors (Lipinski definition) is 0. The molecule has 0 aliphatic carbocycles. The second-order valence-electron chi connectivity index (χ2n) is 7.22. The Bertz CT molecular complexity index is 1230. The van der Waals surface area contributed by atoms with Crippen LogP contribution in [0.2, 0.25) is 0 Å². The SMILES string of the molecule is Cc1cc(C)c2nc(N(CCn3cccn3)C(=O)c3ccc4c(c3)OCO4)sc2c1. The Morgan fingerprint density at radius 3 is 2.90 bits per heavy atom. The molecule has 0 saturated heterocycles. The molecule has 30 heavy (non-hydrogen) atoms. The first-order valence-electron chi connectivity index (χ1n) is 9.65. The standard InChI is InChI=1S/C22H20N4O3S/c1-14-10-15(2)20-19(11-14)30-22(24-20)26(9-8-25-7-3-6-23-25)21(27)16-4-5-17-18(12-16)29-13-28-17/h3-7,10-12H,8-9,13H2,1-2H3. The molecule has 1 aliphatic rings. The number of nitrogens with zero attached hydrogens (tertiary/aromatic N) is 4. The molecule has 0 spiro atoms. The first-order chi connectivity index (χ1) is 14.6. The summed E-state index contributed by atoms with van der Waals surface area (Å²) < 4.78 is 13.7. The topological polar surface area (TPSA) is 69.5 Å². The Labute approximate surface area is 177 Å². The Morgan fingerprint density at radius 1 is 1.20 bits per heavy atom. The van der Waals surface area contributed by atoms with E-state index in [0.29, 0.717) is 35.3 Å². The lowest BCUT2D eigenvalue weighted by atomic mass is 10.1. The van der Waals surface area contributed by atoms with Gasteiger partial charge >= 0.3 is 0 Å². The normalized spacial score (nSPS) is 12.5. The fourth-order valence-corrected chi connectivity index (χ4v) is 4.75. The molecule has 0 atom stereocenters. The number of thiazole rings is 1. The van der Waals surface area contributed by atoms with E-state index >= 15 is 0 Å². The van der Waals surface area contributed by atoms with E-state index in [1.165, 1.54) is 16.9 Å². The molecule has 2 aromatic heterocycles. The number of carbonyl (C=O) groups is 1. The number of hydrogen-bond acceptors (Lipinski definition) is 6. The van der Waals surface area contributed by atoms with Crippen LogP contribution < -0.4 is 14.4 Å². The summed E-state index contributed by atoms with van der Waals surface area (Å²) in [5.41, 5.74) is 3.76. The lowest BCUT2D eigenvalue weighted by molar-refractivity contribution is 0.0985. The Morgan fingerprint density at radius 2 is 2.07 bits per heavy atom. The second-order valence-corrected chi connectivity index (χ2v) is 8.23. The zero-order valence-electron chi connectivity index (χ0n) is 16.7. The van der Waals surface area contributed by atoms with Gasteiger partial charge < -0.3 is 9.47 Å². The highest BCUT2D eigenvalue weighted by Gasteiger charge is 2.24. The third-order valence-corrected chi connectivity index (χ3v) is 6.05. The molecule has 0 unspecified atom stereocenters. The number of anilines is 1. The zero-order valence-corrected chi connectivity index (χ0v) is 17.5. The van der Waals surface area contributed by atoms with Crippen molar-refractivity contribution < 1.29 is 14.3 Å². The number of benzene rings is 2. The summed E-state index contributed by atoms with van der Waals surface area (Å²) >= 11 is 1.53. The summed E-state index contributed by atoms with van der Waals surface area (Å²) in [7, 11) is 0. The van der Waals surface area contributed by atoms with Crippen molar-refractivity contribution in [2.24, 2.45) is 0 Å². The van der Waals surface area contributed by atoms with E-state index in [2.05, 4.69) is 24.2 Å². The molecule has 4 aromatic rings. The number of aromatic nitrogens is 3. The molecular weight excluding hydrogens is 400 g/mol. The fraction of sp³-hybridized carbons (Fsp3) is 0.227. The number of amides is 1. The van der Waals surface area contributed by atoms with Gasteiger partial charge in [-0.3, -0.25) is 14.4 Å². The van der Waals surface area contributed by atoms with Gasteiger partial charge in [0.2, 0.25) is 6.79 Å². The summed E-state index contributed by atoms with van der Waals surface area (Å²) in [5.74, 6) is 1.11. The fourth-order valence-electron chi connectivity index (χ4n) is 3.58. The maximum absolute atomic E-state index is 13.5. The van der Waals surface area contributed by atoms with Crippen molar-refractivity contribution in [3.63, 3.8) is 0 Å². The molecule has 0 bridgehead atoms. The smallest absolute Gasteiger partial charge is 0.260 e. The molecule has 7 nitrogen and oxygen atoms in total. The maximum Gasteiger partial charge on any atom is 0.260 e. The van der Waals surface area contributed by atoms with Crippen molar-refractivity contribution in [2.45, 2.75) is 20.4 Å². The predicted molar refractivity (Wildman–Crippen MR) is 116 cm³/mol. The summed E-state index contributed by atoms with van der Waals surface area (Å²) in [6.07, 6.45) is 3.61. The van der Waals surface area contributed by atoms with E-state index in [-0.39, 0.29) is 12.7 Å². The van der Waals surface area contributed by atoms with Crippen LogP contribution in [0.15, 0.2) is 48.8 Å². The molecule has 3 heterocycles. The monoisotopic (exact) mass is 420 g/mol. The number of aryl methyl sites for hydroxylation is 2. The van der Waals surface area contributed by atoms with E-state index in [0.717, 1.165) is 15.8 Å². The molecule has 152 valence electrons. The van der Waals surface area contributed by atoms with Crippen molar-refractivity contribution in [2.75, 3.05) is 18.2 Å². The van der Waals surface area contributed by atoms with Gasteiger partial charge in [-0.15, -0.1) is 0 Å². The molecule has 1 amide bonds. The first-order valence-corrected chi connectivity index (χ1v) is 10.5. The lowest BCUT2D eigenvalue weighted by Crippen LogP contribution is -2.34. The van der Waals surface area contributed by atoms with Crippen molar-refractivity contribution in [3.05, 3.63) is 65.5 Å². The van der Waals surface area contributed by atoms with Gasteiger partial charge in [0.05, 0.1) is 16.8 Å². The van der Waals surface area contributed by atoms with E-state index in [4.69, 9.17) is 14.5 Å². The van der Waals surface area contributed by atoms with Crippen LogP contribution >= 0.6 is 11.3 Å². The van der Waals surface area contributed by atoms with Crippen LogP contribution in [0.3, 0.4) is 0 Å². The Balaban J connectivity index is 1.53. The minimum absolute atomic E-state index is 0.131. The molecule has 0 N–H and O–H groups in total. The molecular formula is C22H20N4O3S. The quantitative estimate of drug-likeness (QED) is 0.484. The van der Waals surface area contributed by atoms with Crippen LogP contribution in [0.5, 0.6) is 11.5 Å². The van der Waals surface area contributed by atoms with Crippen molar-refractivity contribution in [1.82, 2.24) is 14.8 Å². The average molecular weight is 420 g/mol. The molecule has 8 heteroatoms. The number of rotatable bonds is 5. The number of fused-ring (bicyclic) bond motifs is 2. The van der Waals surface area contributed by atoms with Gasteiger partial charge in [-0.1, -0.05) is 17.4 Å². The predicted octanol–water partition coefficient (Wildman–Crippen LogP) is 4.19. The maximum atomic E-state index is 13.5. The van der Waals surface area contributed by atoms with Gasteiger partial charge in [0.15, 0.2) is 16.6 Å². The summed E-state index contributed by atoms with van der Waals surface area (Å²) in [6, 6.07) is 11.4. The highest BCUT2D eigenvalue weighted by atomic mass is 32.1. The van der Waals surface area contributed by atoms with E-state index in [1.54, 1.807) is 29.3 Å². The van der Waals surface area contributed by atoms with Gasteiger partial charge in [0, 0.05) is 24.5 Å². The summed E-state index contributed by atoms with van der Waals surface area (Å²) in [5, 5.41) is 4.93. The molecule has 0 fully saturated rings. The van der Waals surface area contributed by atoms with Gasteiger partial charge in [-0.25, -0.2) is 4.98 Å². The Kier molecular flexibility index (Phi) is 4.63. The third kappa shape index (κ3) is 3.39. The van der Waals surface area contributed by atoms with Crippen molar-refractivity contribution >= 4 is 32.6 Å². The largest absolute Gasteiger partial charge is 0.454 e. The summed E-state index contributed by atoms with van der Waals surface area (Å²) in [4.78, 5) is 20.0. The first kappa shape index (κ1) is 18.6. The lowest BCUT2D eigenvalue weighted by Gasteiger charge is -2.20. The van der Waals surface area contributed by atoms with Gasteiger partial charge in [-0.05, 0) is 55.3 Å².